The first kappa shape index (κ1) is 17.3. The fraction of sp³-hybridized carbons (Fsp3) is 0.529. The van der Waals surface area contributed by atoms with Gasteiger partial charge in [0.25, 0.3) is 5.91 Å². The molecule has 0 saturated carbocycles. The highest BCUT2D eigenvalue weighted by Gasteiger charge is 2.27. The van der Waals surface area contributed by atoms with E-state index in [0.29, 0.717) is 18.8 Å². The van der Waals surface area contributed by atoms with Gasteiger partial charge in [-0.2, -0.15) is 0 Å². The normalized spacial score (nSPS) is 14.8. The van der Waals surface area contributed by atoms with Crippen molar-refractivity contribution in [2.75, 3.05) is 6.54 Å². The van der Waals surface area contributed by atoms with Gasteiger partial charge in [0, 0.05) is 13.0 Å². The van der Waals surface area contributed by atoms with Crippen molar-refractivity contribution in [2.24, 2.45) is 0 Å². The molecular weight excluding hydrogens is 294 g/mol. The molecule has 0 saturated heterocycles. The first-order valence-electron chi connectivity index (χ1n) is 7.82. The van der Waals surface area contributed by atoms with Crippen LogP contribution in [0.1, 0.15) is 46.0 Å². The van der Waals surface area contributed by atoms with Crippen molar-refractivity contribution in [2.45, 2.75) is 53.7 Å². The van der Waals surface area contributed by atoms with Gasteiger partial charge in [-0.1, -0.05) is 0 Å². The number of nitrogens with zero attached hydrogens (tertiary/aromatic N) is 2. The Hall–Kier alpha value is -2.08. The Morgan fingerprint density at radius 1 is 1.35 bits per heavy atom. The van der Waals surface area contributed by atoms with Crippen LogP contribution in [0.4, 0.5) is 0 Å². The van der Waals surface area contributed by atoms with Gasteiger partial charge in [-0.05, 0) is 45.8 Å². The van der Waals surface area contributed by atoms with Crippen molar-refractivity contribution >= 4 is 5.91 Å². The number of aromatic amines is 1. The summed E-state index contributed by atoms with van der Waals surface area (Å²) in [4.78, 5) is 21.9. The van der Waals surface area contributed by atoms with E-state index >= 15 is 0 Å². The summed E-state index contributed by atoms with van der Waals surface area (Å²) in [6, 6.07) is 0. The Morgan fingerprint density at radius 3 is 2.61 bits per heavy atom. The zero-order valence-electron chi connectivity index (χ0n) is 14.4. The zero-order chi connectivity index (χ0) is 17.1. The summed E-state index contributed by atoms with van der Waals surface area (Å²) in [6.45, 7) is 10.1. The van der Waals surface area contributed by atoms with Crippen LogP contribution in [0.5, 0.6) is 0 Å². The number of aromatic nitrogens is 2. The van der Waals surface area contributed by atoms with E-state index in [9.17, 15) is 9.90 Å². The molecule has 2 N–H and O–H groups in total. The number of amides is 1. The van der Waals surface area contributed by atoms with Crippen molar-refractivity contribution in [3.8, 4) is 0 Å². The molecule has 0 radical (unpaired) electrons. The molecule has 6 nitrogen and oxygen atoms in total. The number of allylic oxidation sites excluding steroid dienone is 2. The molecule has 0 aliphatic carbocycles. The lowest BCUT2D eigenvalue weighted by Gasteiger charge is -2.28. The smallest absolute Gasteiger partial charge is 0.289 e. The third-order valence-electron chi connectivity index (χ3n) is 3.79. The second kappa shape index (κ2) is 7.00. The summed E-state index contributed by atoms with van der Waals surface area (Å²) in [6.07, 6.45) is 1.63. The quantitative estimate of drug-likeness (QED) is 0.659. The van der Waals surface area contributed by atoms with Crippen molar-refractivity contribution < 1.29 is 14.6 Å². The third-order valence-corrected chi connectivity index (χ3v) is 3.79. The highest BCUT2D eigenvalue weighted by atomic mass is 16.5. The number of nitrogens with one attached hydrogen (secondary N) is 1. The van der Waals surface area contributed by atoms with Gasteiger partial charge in [0.15, 0.2) is 5.76 Å². The average Bonchev–Trinajstić information content (AvgIpc) is 2.93. The molecule has 1 aliphatic rings. The molecule has 1 unspecified atom stereocenters. The number of rotatable bonds is 4. The van der Waals surface area contributed by atoms with Gasteiger partial charge in [0.2, 0.25) is 0 Å². The molecule has 1 amide bonds. The molecule has 2 heterocycles. The van der Waals surface area contributed by atoms with Crippen LogP contribution in [0.15, 0.2) is 29.0 Å². The van der Waals surface area contributed by atoms with Crippen molar-refractivity contribution in [1.82, 2.24) is 14.9 Å². The van der Waals surface area contributed by atoms with Crippen molar-refractivity contribution in [3.05, 3.63) is 40.4 Å². The van der Waals surface area contributed by atoms with Crippen molar-refractivity contribution in [3.63, 3.8) is 0 Å². The van der Waals surface area contributed by atoms with E-state index in [1.54, 1.807) is 18.2 Å². The Balaban J connectivity index is 2.21. The Kier molecular flexibility index (Phi) is 5.26. The minimum atomic E-state index is -0.761. The SMILES string of the molecule is CC(C)=C(OC(=C(C)C)C(C)O)C(=O)N1CCc2nc[nH]c2C1. The number of H-pyrrole nitrogens is 1. The minimum absolute atomic E-state index is 0.162. The molecule has 0 spiro atoms. The molecule has 1 aromatic heterocycles. The highest BCUT2D eigenvalue weighted by Crippen LogP contribution is 2.22. The molecule has 2 rings (SSSR count). The number of carbonyl (C=O) groups is 1. The number of fused-ring (bicyclic) bond motifs is 1. The van der Waals surface area contributed by atoms with Crippen LogP contribution in [0.25, 0.3) is 0 Å². The van der Waals surface area contributed by atoms with Crippen LogP contribution >= 0.6 is 0 Å². The van der Waals surface area contributed by atoms with Gasteiger partial charge in [0.05, 0.1) is 24.3 Å². The zero-order valence-corrected chi connectivity index (χ0v) is 14.4. The van der Waals surface area contributed by atoms with E-state index < -0.39 is 6.10 Å². The number of aliphatic hydroxyl groups is 1. The van der Waals surface area contributed by atoms with Crippen LogP contribution in [-0.4, -0.2) is 38.5 Å². The lowest BCUT2D eigenvalue weighted by atomic mass is 10.1. The minimum Gasteiger partial charge on any atom is -0.453 e. The summed E-state index contributed by atoms with van der Waals surface area (Å²) in [7, 11) is 0. The topological polar surface area (TPSA) is 78.5 Å². The molecule has 0 fully saturated rings. The van der Waals surface area contributed by atoms with Gasteiger partial charge in [0.1, 0.15) is 11.9 Å². The average molecular weight is 319 g/mol. The second-order valence-corrected chi connectivity index (χ2v) is 6.28. The van der Waals surface area contributed by atoms with Crippen molar-refractivity contribution in [1.29, 1.82) is 0 Å². The number of carbonyl (C=O) groups excluding carboxylic acids is 1. The Bertz CT molecular complexity index is 648. The summed E-state index contributed by atoms with van der Waals surface area (Å²) in [5, 5.41) is 9.86. The highest BCUT2D eigenvalue weighted by molar-refractivity contribution is 5.92. The van der Waals surface area contributed by atoms with Crippen LogP contribution < -0.4 is 0 Å². The summed E-state index contributed by atoms with van der Waals surface area (Å²) in [5.74, 6) is 0.545. The molecule has 126 valence electrons. The van der Waals surface area contributed by atoms with Crippen LogP contribution in [0.2, 0.25) is 0 Å². The standard InChI is InChI=1S/C17H25N3O3/c1-10(2)15(12(5)21)23-16(11(3)4)17(22)20-7-6-13-14(8-20)19-9-18-13/h9,12,21H,6-8H2,1-5H3,(H,18,19). The molecule has 1 aliphatic heterocycles. The molecule has 1 atom stereocenters. The van der Waals surface area contributed by atoms with Gasteiger partial charge >= 0.3 is 0 Å². The first-order chi connectivity index (χ1) is 10.8. The molecule has 1 aromatic rings. The van der Waals surface area contributed by atoms with Gasteiger partial charge in [-0.3, -0.25) is 4.79 Å². The molecule has 23 heavy (non-hydrogen) atoms. The fourth-order valence-electron chi connectivity index (χ4n) is 2.60. The van der Waals surface area contributed by atoms with Crippen LogP contribution in [-0.2, 0) is 22.5 Å². The van der Waals surface area contributed by atoms with Gasteiger partial charge in [-0.15, -0.1) is 0 Å². The van der Waals surface area contributed by atoms with E-state index in [1.165, 1.54) is 0 Å². The van der Waals surface area contributed by atoms with Crippen LogP contribution in [0, 0.1) is 0 Å². The number of imidazole rings is 1. The maximum Gasteiger partial charge on any atom is 0.289 e. The number of ether oxygens (including phenoxy) is 1. The largest absolute Gasteiger partial charge is 0.453 e. The summed E-state index contributed by atoms with van der Waals surface area (Å²) >= 11 is 0. The predicted octanol–water partition coefficient (Wildman–Crippen LogP) is 2.28. The molecule has 0 bridgehead atoms. The van der Waals surface area contributed by atoms with Crippen LogP contribution in [0.3, 0.4) is 0 Å². The predicted molar refractivity (Wildman–Crippen MR) is 87.2 cm³/mol. The number of aliphatic hydroxyl groups excluding tert-OH is 1. The van der Waals surface area contributed by atoms with Gasteiger partial charge in [-0.25, -0.2) is 4.98 Å². The Morgan fingerprint density at radius 2 is 2.04 bits per heavy atom. The molecule has 0 aromatic carbocycles. The van der Waals surface area contributed by atoms with E-state index in [1.807, 2.05) is 27.7 Å². The Labute approximate surface area is 136 Å². The van der Waals surface area contributed by atoms with Gasteiger partial charge < -0.3 is 19.7 Å². The lowest BCUT2D eigenvalue weighted by molar-refractivity contribution is -0.131. The van der Waals surface area contributed by atoms with E-state index in [0.717, 1.165) is 29.0 Å². The fourth-order valence-corrected chi connectivity index (χ4v) is 2.60. The lowest BCUT2D eigenvalue weighted by Crippen LogP contribution is -2.38. The maximum absolute atomic E-state index is 12.9. The third kappa shape index (κ3) is 3.82. The van der Waals surface area contributed by atoms with E-state index in [4.69, 9.17) is 4.74 Å². The number of hydrogen-bond donors (Lipinski definition) is 2. The molecule has 6 heteroatoms. The maximum atomic E-state index is 12.9. The first-order valence-corrected chi connectivity index (χ1v) is 7.82. The second-order valence-electron chi connectivity index (χ2n) is 6.28. The number of hydrogen-bond acceptors (Lipinski definition) is 4. The summed E-state index contributed by atoms with van der Waals surface area (Å²) < 4.78 is 5.81. The molecular formula is C17H25N3O3. The van der Waals surface area contributed by atoms with E-state index in [2.05, 4.69) is 9.97 Å². The summed E-state index contributed by atoms with van der Waals surface area (Å²) in [5.41, 5.74) is 3.62. The monoisotopic (exact) mass is 319 g/mol. The van der Waals surface area contributed by atoms with E-state index in [-0.39, 0.29) is 11.7 Å².